The fourth-order valence-electron chi connectivity index (χ4n) is 1.95. The fourth-order valence-corrected chi connectivity index (χ4v) is 1.95. The SMILES string of the molecule is CCC(NC)N(C(=O)CC(C)=O)C(CC)NC. The van der Waals surface area contributed by atoms with Gasteiger partial charge in [-0.25, -0.2) is 0 Å². The van der Waals surface area contributed by atoms with Gasteiger partial charge in [-0.1, -0.05) is 13.8 Å². The van der Waals surface area contributed by atoms with Crippen LogP contribution in [0.25, 0.3) is 0 Å². The third-order valence-electron chi connectivity index (χ3n) is 2.80. The summed E-state index contributed by atoms with van der Waals surface area (Å²) in [4.78, 5) is 24.9. The molecule has 0 aromatic rings. The van der Waals surface area contributed by atoms with Crippen LogP contribution in [0, 0.1) is 0 Å². The minimum atomic E-state index is -0.125. The van der Waals surface area contributed by atoms with Crippen LogP contribution in [0.2, 0.25) is 0 Å². The standard InChI is InChI=1S/C12H25N3O2/c1-6-10(13-4)15(11(7-2)14-5)12(17)8-9(3)16/h10-11,13-14H,6-8H2,1-5H3. The number of amides is 1. The van der Waals surface area contributed by atoms with E-state index in [-0.39, 0.29) is 30.4 Å². The third-order valence-corrected chi connectivity index (χ3v) is 2.80. The quantitative estimate of drug-likeness (QED) is 0.487. The highest BCUT2D eigenvalue weighted by molar-refractivity contribution is 5.97. The molecule has 5 heteroatoms. The largest absolute Gasteiger partial charge is 0.311 e. The number of hydrogen-bond donors (Lipinski definition) is 2. The van der Waals surface area contributed by atoms with Gasteiger partial charge in [-0.05, 0) is 33.9 Å². The van der Waals surface area contributed by atoms with Gasteiger partial charge in [-0.3, -0.25) is 9.59 Å². The Kier molecular flexibility index (Phi) is 7.74. The molecule has 0 rings (SSSR count). The maximum Gasteiger partial charge on any atom is 0.232 e. The Morgan fingerprint density at radius 3 is 1.71 bits per heavy atom. The number of rotatable bonds is 8. The molecule has 0 aliphatic heterocycles. The lowest BCUT2D eigenvalue weighted by molar-refractivity contribution is -0.140. The summed E-state index contributed by atoms with van der Waals surface area (Å²) in [5.41, 5.74) is 0. The van der Waals surface area contributed by atoms with Crippen molar-refractivity contribution in [3.8, 4) is 0 Å². The van der Waals surface area contributed by atoms with Crippen molar-refractivity contribution in [3.05, 3.63) is 0 Å². The molecule has 1 amide bonds. The fraction of sp³-hybridized carbons (Fsp3) is 0.833. The second kappa shape index (κ2) is 8.20. The summed E-state index contributed by atoms with van der Waals surface area (Å²) in [5.74, 6) is -0.225. The van der Waals surface area contributed by atoms with E-state index in [1.54, 1.807) is 4.90 Å². The smallest absolute Gasteiger partial charge is 0.232 e. The van der Waals surface area contributed by atoms with E-state index in [0.29, 0.717) is 0 Å². The van der Waals surface area contributed by atoms with Crippen molar-refractivity contribution in [1.29, 1.82) is 0 Å². The number of hydrogen-bond acceptors (Lipinski definition) is 4. The summed E-state index contributed by atoms with van der Waals surface area (Å²) in [6, 6.07) is 0. The monoisotopic (exact) mass is 243 g/mol. The summed E-state index contributed by atoms with van der Waals surface area (Å²) in [7, 11) is 3.65. The molecule has 17 heavy (non-hydrogen) atoms. The number of Topliss-reactive ketones (excluding diaryl/α,β-unsaturated/α-hetero) is 1. The van der Waals surface area contributed by atoms with Gasteiger partial charge in [0.15, 0.2) is 0 Å². The second-order valence-electron chi connectivity index (χ2n) is 4.11. The van der Waals surface area contributed by atoms with Gasteiger partial charge in [0.05, 0.1) is 18.8 Å². The van der Waals surface area contributed by atoms with E-state index in [2.05, 4.69) is 10.6 Å². The van der Waals surface area contributed by atoms with Gasteiger partial charge in [0, 0.05) is 0 Å². The van der Waals surface area contributed by atoms with E-state index < -0.39 is 0 Å². The molecular formula is C12H25N3O2. The molecule has 0 aliphatic carbocycles. The first-order valence-corrected chi connectivity index (χ1v) is 6.16. The zero-order chi connectivity index (χ0) is 13.4. The lowest BCUT2D eigenvalue weighted by Crippen LogP contribution is -2.56. The van der Waals surface area contributed by atoms with Crippen LogP contribution in [0.15, 0.2) is 0 Å². The van der Waals surface area contributed by atoms with E-state index in [1.807, 2.05) is 27.9 Å². The van der Waals surface area contributed by atoms with E-state index in [1.165, 1.54) is 6.92 Å². The van der Waals surface area contributed by atoms with Crippen molar-refractivity contribution >= 4 is 11.7 Å². The Labute approximate surface area is 104 Å². The molecule has 0 radical (unpaired) electrons. The summed E-state index contributed by atoms with van der Waals surface area (Å²) in [5, 5.41) is 6.22. The lowest BCUT2D eigenvalue weighted by atomic mass is 10.2. The maximum absolute atomic E-state index is 12.1. The van der Waals surface area contributed by atoms with Crippen LogP contribution in [-0.4, -0.2) is 43.0 Å². The molecule has 2 unspecified atom stereocenters. The van der Waals surface area contributed by atoms with Crippen LogP contribution in [0.4, 0.5) is 0 Å². The van der Waals surface area contributed by atoms with Gasteiger partial charge in [-0.15, -0.1) is 0 Å². The molecule has 0 saturated heterocycles. The van der Waals surface area contributed by atoms with Gasteiger partial charge >= 0.3 is 0 Å². The van der Waals surface area contributed by atoms with Crippen molar-refractivity contribution in [2.24, 2.45) is 0 Å². The number of nitrogens with one attached hydrogen (secondary N) is 2. The zero-order valence-electron chi connectivity index (χ0n) is 11.5. The van der Waals surface area contributed by atoms with Gasteiger partial charge in [0.1, 0.15) is 5.78 Å². The normalized spacial score (nSPS) is 14.2. The topological polar surface area (TPSA) is 61.4 Å². The van der Waals surface area contributed by atoms with Crippen molar-refractivity contribution in [2.75, 3.05) is 14.1 Å². The lowest BCUT2D eigenvalue weighted by Gasteiger charge is -2.37. The van der Waals surface area contributed by atoms with E-state index in [4.69, 9.17) is 0 Å². The van der Waals surface area contributed by atoms with Crippen LogP contribution < -0.4 is 10.6 Å². The number of nitrogens with zero attached hydrogens (tertiary/aromatic N) is 1. The minimum absolute atomic E-state index is 0.0314. The minimum Gasteiger partial charge on any atom is -0.311 e. The Morgan fingerprint density at radius 2 is 1.47 bits per heavy atom. The summed E-state index contributed by atoms with van der Waals surface area (Å²) in [6.07, 6.45) is 1.49. The highest BCUT2D eigenvalue weighted by atomic mass is 16.2. The molecular weight excluding hydrogens is 218 g/mol. The van der Waals surface area contributed by atoms with Crippen LogP contribution in [0.3, 0.4) is 0 Å². The molecule has 0 bridgehead atoms. The van der Waals surface area contributed by atoms with Crippen molar-refractivity contribution in [1.82, 2.24) is 15.5 Å². The molecule has 0 heterocycles. The first kappa shape index (κ1) is 16.1. The molecule has 0 aromatic heterocycles. The number of carbonyl (C=O) groups excluding carboxylic acids is 2. The second-order valence-corrected chi connectivity index (χ2v) is 4.11. The molecule has 0 aromatic carbocycles. The molecule has 5 nitrogen and oxygen atoms in total. The van der Waals surface area contributed by atoms with Crippen molar-refractivity contribution in [3.63, 3.8) is 0 Å². The molecule has 0 fully saturated rings. The first-order valence-electron chi connectivity index (χ1n) is 6.16. The van der Waals surface area contributed by atoms with Gasteiger partial charge in [0.25, 0.3) is 0 Å². The predicted octanol–water partition coefficient (Wildman–Crippen LogP) is 0.705. The van der Waals surface area contributed by atoms with E-state index in [0.717, 1.165) is 12.8 Å². The van der Waals surface area contributed by atoms with Gasteiger partial charge < -0.3 is 15.5 Å². The summed E-state index contributed by atoms with van der Waals surface area (Å²) >= 11 is 0. The Hall–Kier alpha value is -0.940. The average molecular weight is 243 g/mol. The van der Waals surface area contributed by atoms with Crippen LogP contribution in [0.5, 0.6) is 0 Å². The molecule has 0 saturated carbocycles. The highest BCUT2D eigenvalue weighted by Crippen LogP contribution is 2.10. The van der Waals surface area contributed by atoms with Crippen LogP contribution in [0.1, 0.15) is 40.0 Å². The molecule has 2 atom stereocenters. The first-order chi connectivity index (χ1) is 8.01. The van der Waals surface area contributed by atoms with E-state index >= 15 is 0 Å². The average Bonchev–Trinajstić information content (AvgIpc) is 2.28. The number of carbonyl (C=O) groups is 2. The van der Waals surface area contributed by atoms with Crippen LogP contribution >= 0.6 is 0 Å². The van der Waals surface area contributed by atoms with Gasteiger partial charge in [-0.2, -0.15) is 0 Å². The van der Waals surface area contributed by atoms with E-state index in [9.17, 15) is 9.59 Å². The molecule has 100 valence electrons. The van der Waals surface area contributed by atoms with Crippen LogP contribution in [-0.2, 0) is 9.59 Å². The Balaban J connectivity index is 4.93. The molecule has 0 aliphatic rings. The predicted molar refractivity (Wildman–Crippen MR) is 68.4 cm³/mol. The third kappa shape index (κ3) is 4.83. The highest BCUT2D eigenvalue weighted by Gasteiger charge is 2.27. The molecule has 2 N–H and O–H groups in total. The van der Waals surface area contributed by atoms with Crippen molar-refractivity contribution in [2.45, 2.75) is 52.4 Å². The Bertz CT molecular complexity index is 236. The zero-order valence-corrected chi connectivity index (χ0v) is 11.5. The van der Waals surface area contributed by atoms with Crippen molar-refractivity contribution < 1.29 is 9.59 Å². The van der Waals surface area contributed by atoms with Gasteiger partial charge in [0.2, 0.25) is 5.91 Å². The maximum atomic E-state index is 12.1. The summed E-state index contributed by atoms with van der Waals surface area (Å²) in [6.45, 7) is 5.46. The molecule has 0 spiro atoms. The summed E-state index contributed by atoms with van der Waals surface area (Å²) < 4.78 is 0. The number of ketones is 1. The Morgan fingerprint density at radius 1 is 1.06 bits per heavy atom.